The lowest BCUT2D eigenvalue weighted by atomic mass is 10.1. The lowest BCUT2D eigenvalue weighted by molar-refractivity contribution is -0.135. The molecule has 1 atom stereocenters. The Balaban J connectivity index is 1.65. The van der Waals surface area contributed by atoms with Crippen molar-refractivity contribution in [2.45, 2.75) is 32.0 Å². The summed E-state index contributed by atoms with van der Waals surface area (Å²) in [6, 6.07) is 12.7. The van der Waals surface area contributed by atoms with Crippen LogP contribution < -0.4 is 5.32 Å². The smallest absolute Gasteiger partial charge is 0.243 e. The SMILES string of the molecule is O=C(NCc1ccccc1Cl)[C@H]1CCC(=O)N1Cc1ccc(F)cc1. The molecule has 4 nitrogen and oxygen atoms in total. The molecule has 130 valence electrons. The maximum absolute atomic E-state index is 13.0. The lowest BCUT2D eigenvalue weighted by Gasteiger charge is -2.24. The van der Waals surface area contributed by atoms with Crippen molar-refractivity contribution in [1.29, 1.82) is 0 Å². The van der Waals surface area contributed by atoms with Gasteiger partial charge in [0.05, 0.1) is 0 Å². The molecule has 1 fully saturated rings. The number of nitrogens with one attached hydrogen (secondary N) is 1. The molecule has 0 bridgehead atoms. The first-order chi connectivity index (χ1) is 12.0. The Hall–Kier alpha value is -2.40. The quantitative estimate of drug-likeness (QED) is 0.889. The number of likely N-dealkylation sites (tertiary alicyclic amines) is 1. The fourth-order valence-electron chi connectivity index (χ4n) is 2.93. The fourth-order valence-corrected chi connectivity index (χ4v) is 3.14. The molecule has 0 spiro atoms. The molecule has 2 amide bonds. The van der Waals surface area contributed by atoms with Gasteiger partial charge in [-0.25, -0.2) is 4.39 Å². The Morgan fingerprint density at radius 2 is 1.92 bits per heavy atom. The molecule has 1 aliphatic heterocycles. The summed E-state index contributed by atoms with van der Waals surface area (Å²) in [6.45, 7) is 0.608. The lowest BCUT2D eigenvalue weighted by Crippen LogP contribution is -2.44. The van der Waals surface area contributed by atoms with Crippen LogP contribution in [0.4, 0.5) is 4.39 Å². The van der Waals surface area contributed by atoms with Crippen LogP contribution >= 0.6 is 11.6 Å². The number of hydrogen-bond acceptors (Lipinski definition) is 2. The van der Waals surface area contributed by atoms with Gasteiger partial charge in [0.2, 0.25) is 11.8 Å². The minimum Gasteiger partial charge on any atom is -0.350 e. The molecule has 25 heavy (non-hydrogen) atoms. The first kappa shape index (κ1) is 17.4. The third-order valence-electron chi connectivity index (χ3n) is 4.31. The molecular weight excluding hydrogens is 343 g/mol. The van der Waals surface area contributed by atoms with Crippen molar-refractivity contribution in [3.8, 4) is 0 Å². The van der Waals surface area contributed by atoms with Gasteiger partial charge in [-0.05, 0) is 35.7 Å². The van der Waals surface area contributed by atoms with Crippen LogP contribution in [-0.4, -0.2) is 22.8 Å². The second-order valence-electron chi connectivity index (χ2n) is 6.01. The third kappa shape index (κ3) is 4.17. The van der Waals surface area contributed by atoms with E-state index in [1.807, 2.05) is 18.2 Å². The number of hydrogen-bond donors (Lipinski definition) is 1. The number of amides is 2. The Morgan fingerprint density at radius 1 is 1.20 bits per heavy atom. The van der Waals surface area contributed by atoms with Crippen molar-refractivity contribution in [3.05, 3.63) is 70.5 Å². The van der Waals surface area contributed by atoms with Crippen LogP contribution in [-0.2, 0) is 22.7 Å². The van der Waals surface area contributed by atoms with E-state index in [9.17, 15) is 14.0 Å². The monoisotopic (exact) mass is 360 g/mol. The topological polar surface area (TPSA) is 49.4 Å². The number of rotatable bonds is 5. The van der Waals surface area contributed by atoms with E-state index in [0.717, 1.165) is 11.1 Å². The van der Waals surface area contributed by atoms with Gasteiger partial charge in [0.1, 0.15) is 11.9 Å². The van der Waals surface area contributed by atoms with Gasteiger partial charge in [-0.15, -0.1) is 0 Å². The standard InChI is InChI=1S/C19H18ClFN2O2/c20-16-4-2-1-3-14(16)11-22-19(25)17-9-10-18(24)23(17)12-13-5-7-15(21)8-6-13/h1-8,17H,9-12H2,(H,22,25)/t17-/m1/s1. The minimum absolute atomic E-state index is 0.0674. The number of carbonyl (C=O) groups is 2. The van der Waals surface area contributed by atoms with E-state index in [1.165, 1.54) is 12.1 Å². The van der Waals surface area contributed by atoms with Crippen LogP contribution in [0.2, 0.25) is 5.02 Å². The number of carbonyl (C=O) groups excluding carboxylic acids is 2. The van der Waals surface area contributed by atoms with Gasteiger partial charge in [0, 0.05) is 24.5 Å². The summed E-state index contributed by atoms with van der Waals surface area (Å²) < 4.78 is 13.0. The molecule has 0 aliphatic carbocycles. The summed E-state index contributed by atoms with van der Waals surface area (Å²) in [5.41, 5.74) is 1.62. The zero-order valence-corrected chi connectivity index (χ0v) is 14.3. The minimum atomic E-state index is -0.514. The zero-order chi connectivity index (χ0) is 17.8. The summed E-state index contributed by atoms with van der Waals surface area (Å²) in [6.07, 6.45) is 0.819. The van der Waals surface area contributed by atoms with Gasteiger partial charge < -0.3 is 10.2 Å². The molecule has 3 rings (SSSR count). The van der Waals surface area contributed by atoms with E-state index in [4.69, 9.17) is 11.6 Å². The van der Waals surface area contributed by atoms with Crippen LogP contribution in [0.5, 0.6) is 0 Å². The van der Waals surface area contributed by atoms with Crippen molar-refractivity contribution >= 4 is 23.4 Å². The summed E-state index contributed by atoms with van der Waals surface area (Å²) in [7, 11) is 0. The Bertz CT molecular complexity index is 779. The summed E-state index contributed by atoms with van der Waals surface area (Å²) in [5.74, 6) is -0.597. The van der Waals surface area contributed by atoms with Crippen LogP contribution in [0.15, 0.2) is 48.5 Å². The predicted octanol–water partition coefficient (Wildman–Crippen LogP) is 3.29. The number of nitrogens with zero attached hydrogens (tertiary/aromatic N) is 1. The van der Waals surface area contributed by atoms with Crippen molar-refractivity contribution in [2.24, 2.45) is 0 Å². The Morgan fingerprint density at radius 3 is 2.64 bits per heavy atom. The first-order valence-electron chi connectivity index (χ1n) is 8.09. The highest BCUT2D eigenvalue weighted by atomic mass is 35.5. The normalized spacial score (nSPS) is 17.0. The fraction of sp³-hybridized carbons (Fsp3) is 0.263. The van der Waals surface area contributed by atoms with E-state index in [1.54, 1.807) is 23.1 Å². The molecule has 2 aromatic carbocycles. The van der Waals surface area contributed by atoms with E-state index in [2.05, 4.69) is 5.32 Å². The molecule has 0 saturated carbocycles. The molecule has 0 radical (unpaired) electrons. The molecule has 0 aromatic heterocycles. The van der Waals surface area contributed by atoms with Crippen LogP contribution in [0.3, 0.4) is 0 Å². The van der Waals surface area contributed by atoms with Crippen LogP contribution in [0.1, 0.15) is 24.0 Å². The summed E-state index contributed by atoms with van der Waals surface area (Å²) in [4.78, 5) is 26.2. The zero-order valence-electron chi connectivity index (χ0n) is 13.5. The van der Waals surface area contributed by atoms with Gasteiger partial charge in [-0.3, -0.25) is 9.59 Å². The number of halogens is 2. The van der Waals surface area contributed by atoms with Crippen molar-refractivity contribution in [1.82, 2.24) is 10.2 Å². The average molecular weight is 361 g/mol. The second kappa shape index (κ2) is 7.66. The van der Waals surface area contributed by atoms with E-state index in [0.29, 0.717) is 31.0 Å². The first-order valence-corrected chi connectivity index (χ1v) is 8.47. The molecule has 6 heteroatoms. The van der Waals surface area contributed by atoms with Gasteiger partial charge in [-0.1, -0.05) is 41.9 Å². The number of benzene rings is 2. The van der Waals surface area contributed by atoms with Gasteiger partial charge in [0.15, 0.2) is 0 Å². The van der Waals surface area contributed by atoms with E-state index in [-0.39, 0.29) is 17.6 Å². The second-order valence-corrected chi connectivity index (χ2v) is 6.42. The van der Waals surface area contributed by atoms with Crippen molar-refractivity contribution < 1.29 is 14.0 Å². The average Bonchev–Trinajstić information content (AvgIpc) is 2.97. The largest absolute Gasteiger partial charge is 0.350 e. The van der Waals surface area contributed by atoms with Gasteiger partial charge in [-0.2, -0.15) is 0 Å². The van der Waals surface area contributed by atoms with Crippen LogP contribution in [0, 0.1) is 5.82 Å². The molecule has 1 aliphatic rings. The van der Waals surface area contributed by atoms with Crippen molar-refractivity contribution in [3.63, 3.8) is 0 Å². The molecule has 1 saturated heterocycles. The molecular formula is C19H18ClFN2O2. The maximum Gasteiger partial charge on any atom is 0.243 e. The van der Waals surface area contributed by atoms with Crippen LogP contribution in [0.25, 0.3) is 0 Å². The van der Waals surface area contributed by atoms with E-state index < -0.39 is 6.04 Å². The summed E-state index contributed by atoms with van der Waals surface area (Å²) >= 11 is 6.09. The highest BCUT2D eigenvalue weighted by molar-refractivity contribution is 6.31. The van der Waals surface area contributed by atoms with Gasteiger partial charge in [0.25, 0.3) is 0 Å². The maximum atomic E-state index is 13.0. The Labute approximate surface area is 150 Å². The molecule has 1 N–H and O–H groups in total. The molecule has 2 aromatic rings. The van der Waals surface area contributed by atoms with Crippen molar-refractivity contribution in [2.75, 3.05) is 0 Å². The van der Waals surface area contributed by atoms with E-state index >= 15 is 0 Å². The highest BCUT2D eigenvalue weighted by Gasteiger charge is 2.35. The predicted molar refractivity (Wildman–Crippen MR) is 93.3 cm³/mol. The molecule has 1 heterocycles. The highest BCUT2D eigenvalue weighted by Crippen LogP contribution is 2.22. The Kier molecular flexibility index (Phi) is 5.34. The third-order valence-corrected chi connectivity index (χ3v) is 4.68. The summed E-state index contributed by atoms with van der Waals surface area (Å²) in [5, 5.41) is 3.44. The molecule has 0 unspecified atom stereocenters. The van der Waals surface area contributed by atoms with Gasteiger partial charge >= 0.3 is 0 Å².